The van der Waals surface area contributed by atoms with E-state index in [0.717, 1.165) is 31.6 Å². The first-order chi connectivity index (χ1) is 12.2. The lowest BCUT2D eigenvalue weighted by Crippen LogP contribution is -2.38. The first-order valence-corrected chi connectivity index (χ1v) is 9.02. The van der Waals surface area contributed by atoms with Crippen molar-refractivity contribution in [2.24, 2.45) is 0 Å². The standard InChI is InChI=1S/C18H27N3O4/c1-24-17-12-21(13-18(23)19-14-4-2-3-5-14)15(10-16(17)22)11-20-6-8-25-9-7-20/h10,12,14H,2-9,11,13H2,1H3,(H,19,23). The molecule has 1 amide bonds. The number of carbonyl (C=O) groups excluding carboxylic acids is 1. The number of carbonyl (C=O) groups is 1. The molecule has 2 aliphatic rings. The number of pyridine rings is 1. The van der Waals surface area contributed by atoms with Gasteiger partial charge in [0.25, 0.3) is 0 Å². The molecule has 3 rings (SSSR count). The van der Waals surface area contributed by atoms with Gasteiger partial charge in [0.15, 0.2) is 5.75 Å². The molecule has 2 heterocycles. The number of ether oxygens (including phenoxy) is 2. The molecular weight excluding hydrogens is 322 g/mol. The van der Waals surface area contributed by atoms with Crippen molar-refractivity contribution in [2.75, 3.05) is 33.4 Å². The van der Waals surface area contributed by atoms with Crippen LogP contribution in [0.1, 0.15) is 31.4 Å². The van der Waals surface area contributed by atoms with Gasteiger partial charge in [-0.2, -0.15) is 0 Å². The first kappa shape index (κ1) is 17.9. The molecule has 1 aromatic rings. The van der Waals surface area contributed by atoms with Crippen LogP contribution >= 0.6 is 0 Å². The van der Waals surface area contributed by atoms with E-state index in [9.17, 15) is 9.59 Å². The summed E-state index contributed by atoms with van der Waals surface area (Å²) in [4.78, 5) is 26.8. The molecule has 0 bridgehead atoms. The van der Waals surface area contributed by atoms with Crippen molar-refractivity contribution in [1.82, 2.24) is 14.8 Å². The van der Waals surface area contributed by atoms with Crippen LogP contribution in [0, 0.1) is 0 Å². The average molecular weight is 349 g/mol. The van der Waals surface area contributed by atoms with Crippen LogP contribution in [0.25, 0.3) is 0 Å². The van der Waals surface area contributed by atoms with E-state index in [0.29, 0.717) is 19.8 Å². The Hall–Kier alpha value is -1.86. The Bertz CT molecular complexity index is 646. The highest BCUT2D eigenvalue weighted by molar-refractivity contribution is 5.76. The van der Waals surface area contributed by atoms with Crippen molar-refractivity contribution in [2.45, 2.75) is 44.8 Å². The summed E-state index contributed by atoms with van der Waals surface area (Å²) in [6.45, 7) is 3.88. The SMILES string of the molecule is COc1cn(CC(=O)NC2CCCC2)c(CN2CCOCC2)cc1=O. The first-order valence-electron chi connectivity index (χ1n) is 9.02. The molecule has 1 aliphatic carbocycles. The minimum absolute atomic E-state index is 0.0131. The quantitative estimate of drug-likeness (QED) is 0.820. The number of aromatic nitrogens is 1. The molecule has 0 radical (unpaired) electrons. The van der Waals surface area contributed by atoms with Gasteiger partial charge in [-0.05, 0) is 12.8 Å². The summed E-state index contributed by atoms with van der Waals surface area (Å²) in [5.41, 5.74) is 0.674. The minimum Gasteiger partial charge on any atom is -0.491 e. The van der Waals surface area contributed by atoms with E-state index in [1.165, 1.54) is 20.0 Å². The zero-order chi connectivity index (χ0) is 17.6. The highest BCUT2D eigenvalue weighted by Crippen LogP contribution is 2.18. The lowest BCUT2D eigenvalue weighted by molar-refractivity contribution is -0.122. The second-order valence-corrected chi connectivity index (χ2v) is 6.76. The molecule has 1 saturated carbocycles. The predicted octanol–water partition coefficient (Wildman–Crippen LogP) is 0.748. The smallest absolute Gasteiger partial charge is 0.240 e. The highest BCUT2D eigenvalue weighted by atomic mass is 16.5. The summed E-state index contributed by atoms with van der Waals surface area (Å²) >= 11 is 0. The van der Waals surface area contributed by atoms with E-state index in [1.54, 1.807) is 12.3 Å². The maximum Gasteiger partial charge on any atom is 0.240 e. The van der Waals surface area contributed by atoms with Crippen molar-refractivity contribution in [3.05, 3.63) is 28.2 Å². The number of rotatable bonds is 6. The van der Waals surface area contributed by atoms with Gasteiger partial charge in [-0.25, -0.2) is 0 Å². The lowest BCUT2D eigenvalue weighted by Gasteiger charge is -2.28. The van der Waals surface area contributed by atoms with Gasteiger partial charge < -0.3 is 19.4 Å². The van der Waals surface area contributed by atoms with Crippen molar-refractivity contribution in [1.29, 1.82) is 0 Å². The van der Waals surface area contributed by atoms with Crippen molar-refractivity contribution >= 4 is 5.91 Å². The zero-order valence-corrected chi connectivity index (χ0v) is 14.8. The predicted molar refractivity (Wildman–Crippen MR) is 93.7 cm³/mol. The molecule has 7 nitrogen and oxygen atoms in total. The fourth-order valence-electron chi connectivity index (χ4n) is 3.52. The molecule has 0 aromatic carbocycles. The van der Waals surface area contributed by atoms with Gasteiger partial charge in [-0.15, -0.1) is 0 Å². The van der Waals surface area contributed by atoms with Crippen LogP contribution in [0.3, 0.4) is 0 Å². The second-order valence-electron chi connectivity index (χ2n) is 6.76. The Kier molecular flexibility index (Phi) is 6.09. The summed E-state index contributed by atoms with van der Waals surface area (Å²) in [6, 6.07) is 1.87. The third-order valence-electron chi connectivity index (χ3n) is 4.93. The molecule has 138 valence electrons. The lowest BCUT2D eigenvalue weighted by atomic mass is 10.2. The molecule has 2 fully saturated rings. The summed E-state index contributed by atoms with van der Waals surface area (Å²) in [5, 5.41) is 3.10. The Morgan fingerprint density at radius 1 is 1.32 bits per heavy atom. The van der Waals surface area contributed by atoms with E-state index in [-0.39, 0.29) is 29.7 Å². The number of morpholine rings is 1. The summed E-state index contributed by atoms with van der Waals surface area (Å²) in [5.74, 6) is 0.250. The largest absolute Gasteiger partial charge is 0.491 e. The second kappa shape index (κ2) is 8.49. The minimum atomic E-state index is -0.154. The summed E-state index contributed by atoms with van der Waals surface area (Å²) in [7, 11) is 1.47. The number of hydrogen-bond acceptors (Lipinski definition) is 5. The van der Waals surface area contributed by atoms with E-state index in [2.05, 4.69) is 10.2 Å². The van der Waals surface area contributed by atoms with Gasteiger partial charge >= 0.3 is 0 Å². The molecule has 1 aliphatic heterocycles. The third-order valence-corrected chi connectivity index (χ3v) is 4.93. The third kappa shape index (κ3) is 4.83. The number of amides is 1. The van der Waals surface area contributed by atoms with Crippen LogP contribution < -0.4 is 15.5 Å². The topological polar surface area (TPSA) is 72.8 Å². The van der Waals surface area contributed by atoms with Crippen molar-refractivity contribution in [3.63, 3.8) is 0 Å². The average Bonchev–Trinajstić information content (AvgIpc) is 3.11. The highest BCUT2D eigenvalue weighted by Gasteiger charge is 2.19. The van der Waals surface area contributed by atoms with Crippen LogP contribution in [-0.4, -0.2) is 54.8 Å². The van der Waals surface area contributed by atoms with Crippen LogP contribution in [0.4, 0.5) is 0 Å². The van der Waals surface area contributed by atoms with E-state index in [1.807, 2.05) is 4.57 Å². The van der Waals surface area contributed by atoms with Gasteiger partial charge in [-0.3, -0.25) is 14.5 Å². The van der Waals surface area contributed by atoms with Crippen LogP contribution in [-0.2, 0) is 22.6 Å². The van der Waals surface area contributed by atoms with Crippen LogP contribution in [0.5, 0.6) is 5.75 Å². The Morgan fingerprint density at radius 2 is 2.04 bits per heavy atom. The maximum absolute atomic E-state index is 12.4. The Balaban J connectivity index is 1.74. The van der Waals surface area contributed by atoms with Crippen molar-refractivity contribution < 1.29 is 14.3 Å². The fourth-order valence-corrected chi connectivity index (χ4v) is 3.52. The molecule has 1 N–H and O–H groups in total. The van der Waals surface area contributed by atoms with Gasteiger partial charge in [0.1, 0.15) is 6.54 Å². The van der Waals surface area contributed by atoms with E-state index >= 15 is 0 Å². The van der Waals surface area contributed by atoms with Gasteiger partial charge in [0.2, 0.25) is 11.3 Å². The number of methoxy groups -OCH3 is 1. The molecule has 1 aromatic heterocycles. The maximum atomic E-state index is 12.4. The molecule has 7 heteroatoms. The Morgan fingerprint density at radius 3 is 2.72 bits per heavy atom. The van der Waals surface area contributed by atoms with Gasteiger partial charge in [-0.1, -0.05) is 12.8 Å². The zero-order valence-electron chi connectivity index (χ0n) is 14.8. The fraction of sp³-hybridized carbons (Fsp3) is 0.667. The normalized spacial score (nSPS) is 19.1. The molecule has 25 heavy (non-hydrogen) atoms. The van der Waals surface area contributed by atoms with Gasteiger partial charge in [0.05, 0.1) is 26.5 Å². The Labute approximate surface area is 147 Å². The van der Waals surface area contributed by atoms with E-state index < -0.39 is 0 Å². The summed E-state index contributed by atoms with van der Waals surface area (Å²) in [6.07, 6.45) is 6.12. The van der Waals surface area contributed by atoms with Gasteiger partial charge in [0, 0.05) is 37.4 Å². The summed E-state index contributed by atoms with van der Waals surface area (Å²) < 4.78 is 12.4. The van der Waals surface area contributed by atoms with E-state index in [4.69, 9.17) is 9.47 Å². The molecular formula is C18H27N3O4. The molecule has 0 spiro atoms. The number of nitrogens with zero attached hydrogens (tertiary/aromatic N) is 2. The number of hydrogen-bond donors (Lipinski definition) is 1. The number of nitrogens with one attached hydrogen (secondary N) is 1. The van der Waals surface area contributed by atoms with Crippen molar-refractivity contribution in [3.8, 4) is 5.75 Å². The molecule has 0 atom stereocenters. The molecule has 1 saturated heterocycles. The van der Waals surface area contributed by atoms with Crippen LogP contribution in [0.2, 0.25) is 0 Å². The van der Waals surface area contributed by atoms with Crippen LogP contribution in [0.15, 0.2) is 17.1 Å². The molecule has 0 unspecified atom stereocenters. The monoisotopic (exact) mass is 349 g/mol.